The third-order valence-electron chi connectivity index (χ3n) is 2.85. The second-order valence-electron chi connectivity index (χ2n) is 4.34. The maximum atomic E-state index is 12.3. The van der Waals surface area contributed by atoms with Crippen molar-refractivity contribution in [3.05, 3.63) is 52.2 Å². The topological polar surface area (TPSA) is 63.4 Å². The van der Waals surface area contributed by atoms with E-state index in [1.54, 1.807) is 42.6 Å². The van der Waals surface area contributed by atoms with Crippen molar-refractivity contribution in [1.82, 2.24) is 4.31 Å². The molecule has 0 saturated heterocycles. The van der Waals surface area contributed by atoms with Crippen LogP contribution in [0, 0.1) is 0 Å². The average Bonchev–Trinajstić information content (AvgIpc) is 2.84. The van der Waals surface area contributed by atoms with Gasteiger partial charge >= 0.3 is 0 Å². The molecule has 0 aliphatic rings. The molecule has 0 aliphatic heterocycles. The maximum absolute atomic E-state index is 12.3. The van der Waals surface area contributed by atoms with Gasteiger partial charge in [-0.25, -0.2) is 12.7 Å². The van der Waals surface area contributed by atoms with E-state index in [2.05, 4.69) is 0 Å². The molecule has 6 heteroatoms. The van der Waals surface area contributed by atoms with E-state index in [1.165, 1.54) is 4.31 Å². The van der Waals surface area contributed by atoms with Crippen molar-refractivity contribution in [2.24, 2.45) is 0 Å². The van der Waals surface area contributed by atoms with Crippen LogP contribution >= 0.6 is 11.3 Å². The van der Waals surface area contributed by atoms with Gasteiger partial charge in [-0.3, -0.25) is 0 Å². The number of hydrogen-bond donors (Lipinski definition) is 1. The fourth-order valence-electron chi connectivity index (χ4n) is 1.71. The van der Waals surface area contributed by atoms with E-state index in [1.807, 2.05) is 16.8 Å². The van der Waals surface area contributed by atoms with Crippen LogP contribution in [-0.2, 0) is 22.3 Å². The number of para-hydroxylation sites is 1. The highest BCUT2D eigenvalue weighted by molar-refractivity contribution is 7.88. The number of sulfonamides is 1. The summed E-state index contributed by atoms with van der Waals surface area (Å²) in [6.07, 6.45) is 0. The second-order valence-corrected chi connectivity index (χ2v) is 7.20. The number of hydrogen-bond acceptors (Lipinski definition) is 4. The third-order valence-corrected chi connectivity index (χ3v) is 5.34. The van der Waals surface area contributed by atoms with Crippen LogP contribution in [0.25, 0.3) is 0 Å². The van der Waals surface area contributed by atoms with E-state index in [9.17, 15) is 8.42 Å². The van der Waals surface area contributed by atoms with Crippen molar-refractivity contribution in [2.45, 2.75) is 12.3 Å². The van der Waals surface area contributed by atoms with Crippen molar-refractivity contribution >= 4 is 27.0 Å². The highest BCUT2D eigenvalue weighted by Gasteiger charge is 2.19. The van der Waals surface area contributed by atoms with E-state index in [4.69, 9.17) is 5.73 Å². The first kappa shape index (κ1) is 14.0. The fraction of sp³-hybridized carbons (Fsp3) is 0.231. The summed E-state index contributed by atoms with van der Waals surface area (Å²) in [5.74, 6) is -0.0691. The number of anilines is 1. The first-order valence-corrected chi connectivity index (χ1v) is 8.33. The first-order valence-electron chi connectivity index (χ1n) is 5.77. The largest absolute Gasteiger partial charge is 0.398 e. The molecule has 0 bridgehead atoms. The van der Waals surface area contributed by atoms with Gasteiger partial charge in [0.05, 0.1) is 5.75 Å². The lowest BCUT2D eigenvalue weighted by Gasteiger charge is -2.17. The average molecular weight is 296 g/mol. The van der Waals surface area contributed by atoms with Gasteiger partial charge in [-0.1, -0.05) is 18.2 Å². The van der Waals surface area contributed by atoms with Crippen LogP contribution in [0.1, 0.15) is 11.1 Å². The number of nitrogens with two attached hydrogens (primary N) is 1. The minimum absolute atomic E-state index is 0.0691. The molecular weight excluding hydrogens is 280 g/mol. The SMILES string of the molecule is CN(Cc1ccsc1)S(=O)(=O)Cc1ccccc1N. The van der Waals surface area contributed by atoms with Crippen LogP contribution in [0.5, 0.6) is 0 Å². The van der Waals surface area contributed by atoms with Gasteiger partial charge < -0.3 is 5.73 Å². The molecule has 1 aromatic heterocycles. The molecule has 0 fully saturated rings. The maximum Gasteiger partial charge on any atom is 0.218 e. The fourth-order valence-corrected chi connectivity index (χ4v) is 3.59. The normalized spacial score (nSPS) is 11.9. The van der Waals surface area contributed by atoms with Crippen LogP contribution in [0.3, 0.4) is 0 Å². The zero-order valence-electron chi connectivity index (χ0n) is 10.6. The standard InChI is InChI=1S/C13H16N2O2S2/c1-15(8-11-6-7-18-9-11)19(16,17)10-12-4-2-3-5-13(12)14/h2-7,9H,8,10,14H2,1H3. The number of nitrogen functional groups attached to an aromatic ring is 1. The summed E-state index contributed by atoms with van der Waals surface area (Å²) in [6.45, 7) is 0.387. The Bertz CT molecular complexity index is 636. The van der Waals surface area contributed by atoms with Crippen molar-refractivity contribution in [1.29, 1.82) is 0 Å². The van der Waals surface area contributed by atoms with Gasteiger partial charge in [-0.15, -0.1) is 0 Å². The monoisotopic (exact) mass is 296 g/mol. The van der Waals surface area contributed by atoms with Gasteiger partial charge in [-0.2, -0.15) is 11.3 Å². The molecule has 2 rings (SSSR count). The summed E-state index contributed by atoms with van der Waals surface area (Å²) in [5.41, 5.74) is 7.93. The molecular formula is C13H16N2O2S2. The molecule has 0 saturated carbocycles. The van der Waals surface area contributed by atoms with Crippen LogP contribution in [0.2, 0.25) is 0 Å². The molecule has 0 unspecified atom stereocenters. The van der Waals surface area contributed by atoms with Gasteiger partial charge in [0.1, 0.15) is 0 Å². The summed E-state index contributed by atoms with van der Waals surface area (Å²) in [7, 11) is -1.76. The predicted molar refractivity (Wildman–Crippen MR) is 79.3 cm³/mol. The summed E-state index contributed by atoms with van der Waals surface area (Å²) >= 11 is 1.56. The lowest BCUT2D eigenvalue weighted by Crippen LogP contribution is -2.27. The van der Waals surface area contributed by atoms with E-state index < -0.39 is 10.0 Å². The Morgan fingerprint density at radius 1 is 1.26 bits per heavy atom. The van der Waals surface area contributed by atoms with Crippen molar-refractivity contribution in [2.75, 3.05) is 12.8 Å². The van der Waals surface area contributed by atoms with Gasteiger partial charge in [0, 0.05) is 19.3 Å². The summed E-state index contributed by atoms with van der Waals surface area (Å²) < 4.78 is 25.9. The number of nitrogens with zero attached hydrogens (tertiary/aromatic N) is 1. The predicted octanol–water partition coefficient (Wildman–Crippen LogP) is 2.29. The second kappa shape index (κ2) is 5.73. The van der Waals surface area contributed by atoms with Gasteiger partial charge in [0.2, 0.25) is 10.0 Å². The van der Waals surface area contributed by atoms with Crippen molar-refractivity contribution in [3.63, 3.8) is 0 Å². The smallest absolute Gasteiger partial charge is 0.218 e. The Morgan fingerprint density at radius 3 is 2.63 bits per heavy atom. The Labute approximate surface area is 117 Å². The Kier molecular flexibility index (Phi) is 4.24. The molecule has 0 radical (unpaired) electrons. The first-order chi connectivity index (χ1) is 8.99. The van der Waals surface area contributed by atoms with Crippen LogP contribution in [0.15, 0.2) is 41.1 Å². The molecule has 102 valence electrons. The lowest BCUT2D eigenvalue weighted by atomic mass is 10.2. The van der Waals surface area contributed by atoms with E-state index >= 15 is 0 Å². The minimum atomic E-state index is -3.35. The van der Waals surface area contributed by atoms with Gasteiger partial charge in [0.25, 0.3) is 0 Å². The molecule has 2 N–H and O–H groups in total. The zero-order chi connectivity index (χ0) is 13.9. The van der Waals surface area contributed by atoms with Crippen LogP contribution in [-0.4, -0.2) is 19.8 Å². The molecule has 2 aromatic rings. The van der Waals surface area contributed by atoms with Crippen molar-refractivity contribution in [3.8, 4) is 0 Å². The molecule has 4 nitrogen and oxygen atoms in total. The highest BCUT2D eigenvalue weighted by atomic mass is 32.2. The molecule has 0 amide bonds. The summed E-state index contributed by atoms with van der Waals surface area (Å²) in [5, 5.41) is 3.88. The Morgan fingerprint density at radius 2 is 2.00 bits per heavy atom. The minimum Gasteiger partial charge on any atom is -0.398 e. The lowest BCUT2D eigenvalue weighted by molar-refractivity contribution is 0.466. The van der Waals surface area contributed by atoms with E-state index in [-0.39, 0.29) is 5.75 Å². The highest BCUT2D eigenvalue weighted by Crippen LogP contribution is 2.18. The van der Waals surface area contributed by atoms with Gasteiger partial charge in [-0.05, 0) is 34.0 Å². The molecule has 0 spiro atoms. The molecule has 19 heavy (non-hydrogen) atoms. The van der Waals surface area contributed by atoms with Gasteiger partial charge in [0.15, 0.2) is 0 Å². The molecule has 0 aliphatic carbocycles. The van der Waals surface area contributed by atoms with E-state index in [0.29, 0.717) is 17.8 Å². The summed E-state index contributed by atoms with van der Waals surface area (Å²) in [6, 6.07) is 8.96. The number of rotatable bonds is 5. The number of thiophene rings is 1. The zero-order valence-corrected chi connectivity index (χ0v) is 12.2. The third kappa shape index (κ3) is 3.56. The molecule has 1 heterocycles. The Balaban J connectivity index is 2.12. The van der Waals surface area contributed by atoms with Crippen LogP contribution < -0.4 is 5.73 Å². The van der Waals surface area contributed by atoms with Crippen LogP contribution in [0.4, 0.5) is 5.69 Å². The number of benzene rings is 1. The summed E-state index contributed by atoms with van der Waals surface area (Å²) in [4.78, 5) is 0. The quantitative estimate of drug-likeness (QED) is 0.861. The van der Waals surface area contributed by atoms with Crippen molar-refractivity contribution < 1.29 is 8.42 Å². The van der Waals surface area contributed by atoms with E-state index in [0.717, 1.165) is 5.56 Å². The molecule has 0 atom stereocenters. The Hall–Kier alpha value is -1.37. The molecule has 1 aromatic carbocycles.